The zero-order valence-corrected chi connectivity index (χ0v) is 10.0. The topological polar surface area (TPSA) is 29.5 Å². The number of rotatable bonds is 2. The van der Waals surface area contributed by atoms with E-state index in [0.29, 0.717) is 23.7 Å². The van der Waals surface area contributed by atoms with E-state index >= 15 is 0 Å². The molecule has 0 aliphatic carbocycles. The fraction of sp³-hybridized carbons (Fsp3) is 0.571. The Labute approximate surface area is 97.3 Å². The number of hydrogen-bond acceptors (Lipinski definition) is 2. The van der Waals surface area contributed by atoms with Crippen molar-refractivity contribution in [3.8, 4) is 5.75 Å². The average molecular weight is 220 g/mol. The standard InChI is InChI=1S/C14H20O2/c1-10(2)14-9-12(7-8-16-14)11-3-5-13(15)6-4-11/h3-6,10,12,14-15H,7-9H2,1-2H3/t12-,14+/m0/s1. The SMILES string of the molecule is CC(C)[C@H]1C[C@@H](c2ccc(O)cc2)CCO1. The first-order valence-electron chi connectivity index (χ1n) is 6.07. The number of ether oxygens (including phenoxy) is 1. The van der Waals surface area contributed by atoms with E-state index < -0.39 is 0 Å². The van der Waals surface area contributed by atoms with E-state index in [0.717, 1.165) is 19.4 Å². The highest BCUT2D eigenvalue weighted by atomic mass is 16.5. The van der Waals surface area contributed by atoms with Crippen LogP contribution in [0.1, 0.15) is 38.2 Å². The average Bonchev–Trinajstić information content (AvgIpc) is 2.30. The molecule has 2 nitrogen and oxygen atoms in total. The van der Waals surface area contributed by atoms with Crippen LogP contribution < -0.4 is 0 Å². The van der Waals surface area contributed by atoms with E-state index in [1.54, 1.807) is 12.1 Å². The Bertz CT molecular complexity index is 329. The Hall–Kier alpha value is -1.02. The zero-order chi connectivity index (χ0) is 11.5. The molecule has 2 rings (SSSR count). The zero-order valence-electron chi connectivity index (χ0n) is 10.0. The lowest BCUT2D eigenvalue weighted by molar-refractivity contribution is -0.0201. The van der Waals surface area contributed by atoms with Crippen molar-refractivity contribution in [1.82, 2.24) is 0 Å². The number of aromatic hydroxyl groups is 1. The first-order chi connectivity index (χ1) is 7.66. The van der Waals surface area contributed by atoms with Gasteiger partial charge in [0.05, 0.1) is 6.10 Å². The number of hydrogen-bond donors (Lipinski definition) is 1. The van der Waals surface area contributed by atoms with Gasteiger partial charge >= 0.3 is 0 Å². The van der Waals surface area contributed by atoms with Crippen LogP contribution in [0, 0.1) is 5.92 Å². The lowest BCUT2D eigenvalue weighted by Crippen LogP contribution is -2.28. The molecule has 88 valence electrons. The lowest BCUT2D eigenvalue weighted by atomic mass is 9.85. The third-order valence-corrected chi connectivity index (χ3v) is 3.42. The smallest absolute Gasteiger partial charge is 0.115 e. The lowest BCUT2D eigenvalue weighted by Gasteiger charge is -2.32. The minimum Gasteiger partial charge on any atom is -0.508 e. The quantitative estimate of drug-likeness (QED) is 0.828. The van der Waals surface area contributed by atoms with E-state index in [1.807, 2.05) is 12.1 Å². The predicted octanol–water partition coefficient (Wildman–Crippen LogP) is 3.31. The minimum absolute atomic E-state index is 0.344. The summed E-state index contributed by atoms with van der Waals surface area (Å²) in [5.74, 6) is 1.51. The van der Waals surface area contributed by atoms with Crippen molar-refractivity contribution >= 4 is 0 Å². The predicted molar refractivity (Wildman–Crippen MR) is 64.7 cm³/mol. The van der Waals surface area contributed by atoms with E-state index in [4.69, 9.17) is 4.74 Å². The molecule has 0 bridgehead atoms. The molecule has 16 heavy (non-hydrogen) atoms. The molecule has 1 aliphatic heterocycles. The summed E-state index contributed by atoms with van der Waals surface area (Å²) < 4.78 is 5.77. The molecule has 1 N–H and O–H groups in total. The third kappa shape index (κ3) is 2.56. The largest absolute Gasteiger partial charge is 0.508 e. The van der Waals surface area contributed by atoms with Crippen molar-refractivity contribution in [3.63, 3.8) is 0 Å². The van der Waals surface area contributed by atoms with Gasteiger partial charge < -0.3 is 9.84 Å². The Kier molecular flexibility index (Phi) is 3.49. The number of phenolic OH excluding ortho intramolecular Hbond substituents is 1. The Morgan fingerprint density at radius 3 is 2.56 bits per heavy atom. The molecule has 0 unspecified atom stereocenters. The summed E-state index contributed by atoms with van der Waals surface area (Å²) in [6, 6.07) is 7.61. The van der Waals surface area contributed by atoms with Gasteiger partial charge in [0.1, 0.15) is 5.75 Å². The van der Waals surface area contributed by atoms with Gasteiger partial charge in [-0.2, -0.15) is 0 Å². The Morgan fingerprint density at radius 1 is 1.25 bits per heavy atom. The first kappa shape index (κ1) is 11.5. The van der Waals surface area contributed by atoms with E-state index in [1.165, 1.54) is 5.56 Å². The molecule has 0 radical (unpaired) electrons. The van der Waals surface area contributed by atoms with Crippen molar-refractivity contribution in [3.05, 3.63) is 29.8 Å². The van der Waals surface area contributed by atoms with Crippen LogP contribution in [0.5, 0.6) is 5.75 Å². The van der Waals surface area contributed by atoms with Gasteiger partial charge in [-0.05, 0) is 42.4 Å². The Balaban J connectivity index is 2.06. The van der Waals surface area contributed by atoms with Crippen LogP contribution in [0.2, 0.25) is 0 Å². The minimum atomic E-state index is 0.344. The van der Waals surface area contributed by atoms with Crippen LogP contribution in [-0.4, -0.2) is 17.8 Å². The fourth-order valence-electron chi connectivity index (χ4n) is 2.34. The second kappa shape index (κ2) is 4.88. The second-order valence-electron chi connectivity index (χ2n) is 4.97. The molecule has 2 heteroatoms. The monoisotopic (exact) mass is 220 g/mol. The number of benzene rings is 1. The van der Waals surface area contributed by atoms with Crippen molar-refractivity contribution in [1.29, 1.82) is 0 Å². The maximum absolute atomic E-state index is 9.27. The summed E-state index contributed by atoms with van der Waals surface area (Å²) in [7, 11) is 0. The van der Waals surface area contributed by atoms with Gasteiger partial charge in [-0.25, -0.2) is 0 Å². The van der Waals surface area contributed by atoms with Gasteiger partial charge in [0, 0.05) is 6.61 Å². The molecule has 1 heterocycles. The molecule has 0 saturated carbocycles. The molecule has 2 atom stereocenters. The highest BCUT2D eigenvalue weighted by Crippen LogP contribution is 2.33. The van der Waals surface area contributed by atoms with Gasteiger partial charge in [-0.3, -0.25) is 0 Å². The fourth-order valence-corrected chi connectivity index (χ4v) is 2.34. The maximum atomic E-state index is 9.27. The molecule has 0 amide bonds. The molecular weight excluding hydrogens is 200 g/mol. The highest BCUT2D eigenvalue weighted by molar-refractivity contribution is 5.28. The van der Waals surface area contributed by atoms with E-state index in [2.05, 4.69) is 13.8 Å². The summed E-state index contributed by atoms with van der Waals surface area (Å²) >= 11 is 0. The van der Waals surface area contributed by atoms with Crippen LogP contribution in [0.3, 0.4) is 0 Å². The van der Waals surface area contributed by atoms with Crippen molar-refractivity contribution < 1.29 is 9.84 Å². The van der Waals surface area contributed by atoms with Gasteiger partial charge in [0.25, 0.3) is 0 Å². The van der Waals surface area contributed by atoms with Crippen LogP contribution in [0.4, 0.5) is 0 Å². The maximum Gasteiger partial charge on any atom is 0.115 e. The van der Waals surface area contributed by atoms with Gasteiger partial charge in [-0.1, -0.05) is 26.0 Å². The van der Waals surface area contributed by atoms with Crippen molar-refractivity contribution in [2.75, 3.05) is 6.61 Å². The van der Waals surface area contributed by atoms with Crippen LogP contribution in [0.15, 0.2) is 24.3 Å². The summed E-state index contributed by atoms with van der Waals surface area (Å²) in [5, 5.41) is 9.27. The van der Waals surface area contributed by atoms with Gasteiger partial charge in [0.2, 0.25) is 0 Å². The molecule has 1 aromatic rings. The normalized spacial score (nSPS) is 25.9. The molecule has 0 spiro atoms. The van der Waals surface area contributed by atoms with Crippen molar-refractivity contribution in [2.24, 2.45) is 5.92 Å². The molecule has 0 aromatic heterocycles. The molecule has 1 fully saturated rings. The molecule has 1 aliphatic rings. The van der Waals surface area contributed by atoms with Crippen molar-refractivity contribution in [2.45, 2.75) is 38.7 Å². The summed E-state index contributed by atoms with van der Waals surface area (Å²) in [5.41, 5.74) is 1.33. The Morgan fingerprint density at radius 2 is 1.94 bits per heavy atom. The first-order valence-corrected chi connectivity index (χ1v) is 6.07. The van der Waals surface area contributed by atoms with E-state index in [9.17, 15) is 5.11 Å². The number of phenols is 1. The van der Waals surface area contributed by atoms with Gasteiger partial charge in [0.15, 0.2) is 0 Å². The van der Waals surface area contributed by atoms with Gasteiger partial charge in [-0.15, -0.1) is 0 Å². The summed E-state index contributed by atoms with van der Waals surface area (Å²) in [6.07, 6.45) is 2.57. The third-order valence-electron chi connectivity index (χ3n) is 3.42. The van der Waals surface area contributed by atoms with Crippen LogP contribution >= 0.6 is 0 Å². The molecule has 1 saturated heterocycles. The van der Waals surface area contributed by atoms with Crippen LogP contribution in [-0.2, 0) is 4.74 Å². The summed E-state index contributed by atoms with van der Waals surface area (Å²) in [6.45, 7) is 5.28. The highest BCUT2D eigenvalue weighted by Gasteiger charge is 2.25. The molecule has 1 aromatic carbocycles. The summed E-state index contributed by atoms with van der Waals surface area (Å²) in [4.78, 5) is 0. The van der Waals surface area contributed by atoms with Crippen LogP contribution in [0.25, 0.3) is 0 Å². The molecular formula is C14H20O2. The van der Waals surface area contributed by atoms with E-state index in [-0.39, 0.29) is 0 Å². The second-order valence-corrected chi connectivity index (χ2v) is 4.97.